The number of benzene rings is 1. The molecule has 6 nitrogen and oxygen atoms in total. The van der Waals surface area contributed by atoms with E-state index in [1.165, 1.54) is 39.2 Å². The number of methoxy groups -OCH3 is 1. The minimum absolute atomic E-state index is 0.307. The molecule has 1 fully saturated rings. The highest BCUT2D eigenvalue weighted by Crippen LogP contribution is 2.32. The predicted octanol–water partition coefficient (Wildman–Crippen LogP) is 3.34. The van der Waals surface area contributed by atoms with Crippen LogP contribution in [-0.2, 0) is 14.8 Å². The Kier molecular flexibility index (Phi) is 8.49. The fourth-order valence-electron chi connectivity index (χ4n) is 3.53. The van der Waals surface area contributed by atoms with Crippen LogP contribution in [0.2, 0.25) is 0 Å². The number of carbonyl (C=O) groups is 1. The normalized spacial score (nSPS) is 16.4. The largest absolute Gasteiger partial charge is 0.495 e. The number of hydrogen-bond donors (Lipinski definition) is 1. The van der Waals surface area contributed by atoms with E-state index in [4.69, 9.17) is 4.74 Å². The molecule has 0 aliphatic heterocycles. The Morgan fingerprint density at radius 2 is 2.00 bits per heavy atom. The van der Waals surface area contributed by atoms with Gasteiger partial charge in [0.05, 0.1) is 19.1 Å². The Morgan fingerprint density at radius 1 is 1.32 bits per heavy atom. The van der Waals surface area contributed by atoms with Gasteiger partial charge >= 0.3 is 0 Å². The topological polar surface area (TPSA) is 75.7 Å². The van der Waals surface area contributed by atoms with Crippen LogP contribution in [0.3, 0.4) is 0 Å². The van der Waals surface area contributed by atoms with Crippen molar-refractivity contribution in [2.45, 2.75) is 57.2 Å². The molecule has 1 aliphatic carbocycles. The monoisotopic (exact) mass is 428 g/mol. The van der Waals surface area contributed by atoms with Crippen LogP contribution in [0.4, 0.5) is 5.69 Å². The first-order valence-electron chi connectivity index (χ1n) is 9.77. The molecule has 1 unspecified atom stereocenters. The summed E-state index contributed by atoms with van der Waals surface area (Å²) in [6.45, 7) is 4.01. The van der Waals surface area contributed by atoms with Crippen LogP contribution in [0.5, 0.6) is 5.75 Å². The Labute approximate surface area is 173 Å². The molecular formula is C20H32N2O4S2. The molecule has 0 bridgehead atoms. The number of ether oxygens (including phenoxy) is 1. The zero-order chi connectivity index (χ0) is 20.7. The third kappa shape index (κ3) is 6.30. The summed E-state index contributed by atoms with van der Waals surface area (Å²) in [5, 5.41) is 3.58. The van der Waals surface area contributed by atoms with Crippen LogP contribution < -0.4 is 14.4 Å². The third-order valence-corrected chi connectivity index (χ3v) is 7.58. The molecule has 8 heteroatoms. The molecular weight excluding hydrogens is 396 g/mol. The molecule has 0 aromatic heterocycles. The summed E-state index contributed by atoms with van der Waals surface area (Å²) >= 11 is 1.90. The van der Waals surface area contributed by atoms with Crippen LogP contribution >= 0.6 is 11.8 Å². The average molecular weight is 429 g/mol. The van der Waals surface area contributed by atoms with Gasteiger partial charge < -0.3 is 10.1 Å². The van der Waals surface area contributed by atoms with Crippen molar-refractivity contribution in [1.29, 1.82) is 0 Å². The maximum atomic E-state index is 12.7. The number of thioether (sulfide) groups is 1. The van der Waals surface area contributed by atoms with Gasteiger partial charge in [-0.25, -0.2) is 8.42 Å². The number of rotatable bonds is 9. The summed E-state index contributed by atoms with van der Waals surface area (Å²) < 4.78 is 31.4. The Bertz CT molecular complexity index is 761. The second-order valence-corrected chi connectivity index (χ2v) is 10.6. The van der Waals surface area contributed by atoms with E-state index in [0.717, 1.165) is 21.9 Å². The molecule has 1 atom stereocenters. The number of carbonyl (C=O) groups excluding carboxylic acids is 1. The molecule has 0 saturated heterocycles. The van der Waals surface area contributed by atoms with E-state index >= 15 is 0 Å². The number of amides is 1. The molecule has 0 spiro atoms. The van der Waals surface area contributed by atoms with Crippen LogP contribution in [0.15, 0.2) is 18.2 Å². The van der Waals surface area contributed by atoms with Gasteiger partial charge in [0.15, 0.2) is 0 Å². The number of sulfonamides is 1. The van der Waals surface area contributed by atoms with Gasteiger partial charge in [0, 0.05) is 17.5 Å². The lowest BCUT2D eigenvalue weighted by Gasteiger charge is -2.29. The molecule has 1 saturated carbocycles. The van der Waals surface area contributed by atoms with Crippen molar-refractivity contribution in [3.05, 3.63) is 23.8 Å². The van der Waals surface area contributed by atoms with Crippen molar-refractivity contribution in [3.8, 4) is 5.75 Å². The summed E-state index contributed by atoms with van der Waals surface area (Å²) in [6, 6.07) is 4.41. The molecule has 1 aromatic carbocycles. The van der Waals surface area contributed by atoms with E-state index in [1.807, 2.05) is 24.8 Å². The SMILES string of the molecule is COc1ccc(C)cc1N(C(C)C(=O)NCCSC1CCCCC1)S(C)(=O)=O. The minimum atomic E-state index is -3.67. The van der Waals surface area contributed by atoms with Crippen LogP contribution in [-0.4, -0.2) is 51.3 Å². The molecule has 1 aromatic rings. The van der Waals surface area contributed by atoms with E-state index in [-0.39, 0.29) is 5.91 Å². The van der Waals surface area contributed by atoms with Crippen molar-refractivity contribution < 1.29 is 17.9 Å². The van der Waals surface area contributed by atoms with E-state index < -0.39 is 16.1 Å². The van der Waals surface area contributed by atoms with E-state index in [1.54, 1.807) is 19.1 Å². The number of aryl methyl sites for hydroxylation is 1. The zero-order valence-electron chi connectivity index (χ0n) is 17.2. The van der Waals surface area contributed by atoms with Gasteiger partial charge in [-0.05, 0) is 44.4 Å². The Balaban J connectivity index is 2.03. The lowest BCUT2D eigenvalue weighted by molar-refractivity contribution is -0.121. The van der Waals surface area contributed by atoms with Crippen molar-refractivity contribution in [1.82, 2.24) is 5.32 Å². The lowest BCUT2D eigenvalue weighted by Crippen LogP contribution is -2.48. The van der Waals surface area contributed by atoms with Crippen LogP contribution in [0.25, 0.3) is 0 Å². The predicted molar refractivity (Wildman–Crippen MR) is 117 cm³/mol. The summed E-state index contributed by atoms with van der Waals surface area (Å²) in [7, 11) is -2.18. The zero-order valence-corrected chi connectivity index (χ0v) is 18.9. The summed E-state index contributed by atoms with van der Waals surface area (Å²) in [4.78, 5) is 12.7. The first kappa shape index (κ1) is 22.9. The maximum absolute atomic E-state index is 12.7. The molecule has 1 amide bonds. The molecule has 0 radical (unpaired) electrons. The molecule has 2 rings (SSSR count). The van der Waals surface area contributed by atoms with Gasteiger partial charge in [-0.15, -0.1) is 0 Å². The fourth-order valence-corrected chi connectivity index (χ4v) is 5.92. The molecule has 1 aliphatic rings. The number of nitrogens with zero attached hydrogens (tertiary/aromatic N) is 1. The highest BCUT2D eigenvalue weighted by Gasteiger charge is 2.31. The number of hydrogen-bond acceptors (Lipinski definition) is 5. The third-order valence-electron chi connectivity index (χ3n) is 4.97. The van der Waals surface area contributed by atoms with E-state index in [9.17, 15) is 13.2 Å². The van der Waals surface area contributed by atoms with Crippen LogP contribution in [0.1, 0.15) is 44.6 Å². The molecule has 1 N–H and O–H groups in total. The average Bonchev–Trinajstić information content (AvgIpc) is 2.65. The maximum Gasteiger partial charge on any atom is 0.243 e. The Hall–Kier alpha value is -1.41. The van der Waals surface area contributed by atoms with Crippen LogP contribution in [0, 0.1) is 6.92 Å². The van der Waals surface area contributed by atoms with Crippen molar-refractivity contribution in [2.24, 2.45) is 0 Å². The van der Waals surface area contributed by atoms with Gasteiger partial charge in [-0.2, -0.15) is 11.8 Å². The van der Waals surface area contributed by atoms with Gasteiger partial charge in [0.2, 0.25) is 15.9 Å². The summed E-state index contributed by atoms with van der Waals surface area (Å²) in [5.74, 6) is 0.956. The van der Waals surface area contributed by atoms with Crippen molar-refractivity contribution in [3.63, 3.8) is 0 Å². The number of anilines is 1. The van der Waals surface area contributed by atoms with Crippen molar-refractivity contribution >= 4 is 33.4 Å². The second-order valence-electron chi connectivity index (χ2n) is 7.33. The lowest BCUT2D eigenvalue weighted by atomic mass is 10.0. The van der Waals surface area contributed by atoms with Gasteiger partial charge in [0.25, 0.3) is 0 Å². The molecule has 158 valence electrons. The standard InChI is InChI=1S/C20H32N2O4S2/c1-15-10-11-19(26-3)18(14-15)22(28(4,24)25)16(2)20(23)21-12-13-27-17-8-6-5-7-9-17/h10-11,14,16-17H,5-9,12-13H2,1-4H3,(H,21,23). The van der Waals surface area contributed by atoms with Crippen molar-refractivity contribution in [2.75, 3.05) is 30.0 Å². The molecule has 0 heterocycles. The quantitative estimate of drug-likeness (QED) is 0.611. The highest BCUT2D eigenvalue weighted by molar-refractivity contribution is 7.99. The highest BCUT2D eigenvalue weighted by atomic mass is 32.2. The minimum Gasteiger partial charge on any atom is -0.495 e. The van der Waals surface area contributed by atoms with Gasteiger partial charge in [-0.1, -0.05) is 25.3 Å². The summed E-state index contributed by atoms with van der Waals surface area (Å²) in [6.07, 6.45) is 7.53. The van der Waals surface area contributed by atoms with Gasteiger partial charge in [0.1, 0.15) is 11.8 Å². The smallest absolute Gasteiger partial charge is 0.243 e. The van der Waals surface area contributed by atoms with E-state index in [2.05, 4.69) is 5.32 Å². The molecule has 28 heavy (non-hydrogen) atoms. The second kappa shape index (κ2) is 10.4. The number of nitrogens with one attached hydrogen (secondary N) is 1. The summed E-state index contributed by atoms with van der Waals surface area (Å²) in [5.41, 5.74) is 1.27. The first-order chi connectivity index (χ1) is 13.2. The Morgan fingerprint density at radius 3 is 2.61 bits per heavy atom. The van der Waals surface area contributed by atoms with E-state index in [0.29, 0.717) is 23.2 Å². The first-order valence-corrected chi connectivity index (χ1v) is 12.7. The fraction of sp³-hybridized carbons (Fsp3) is 0.650. The van der Waals surface area contributed by atoms with Gasteiger partial charge in [-0.3, -0.25) is 9.10 Å².